The highest BCUT2D eigenvalue weighted by Gasteiger charge is 2.05. The predicted octanol–water partition coefficient (Wildman–Crippen LogP) is 3.76. The SMILES string of the molecule is CC(C)=CC(O)c1ccc(C)c(Br)c1. The Morgan fingerprint density at radius 3 is 2.57 bits per heavy atom. The van der Waals surface area contributed by atoms with Crippen molar-refractivity contribution in [2.75, 3.05) is 0 Å². The van der Waals surface area contributed by atoms with Gasteiger partial charge in [0.2, 0.25) is 0 Å². The Hall–Kier alpha value is -0.600. The minimum atomic E-state index is -0.503. The van der Waals surface area contributed by atoms with Crippen molar-refractivity contribution in [2.45, 2.75) is 26.9 Å². The first-order valence-corrected chi connectivity index (χ1v) is 5.39. The van der Waals surface area contributed by atoms with Gasteiger partial charge in [0.1, 0.15) is 0 Å². The molecule has 1 rings (SSSR count). The van der Waals surface area contributed by atoms with Crippen LogP contribution in [0.1, 0.15) is 31.1 Å². The summed E-state index contributed by atoms with van der Waals surface area (Å²) in [6.07, 6.45) is 1.34. The molecule has 0 aromatic heterocycles. The molecule has 0 bridgehead atoms. The van der Waals surface area contributed by atoms with Gasteiger partial charge in [-0.2, -0.15) is 0 Å². The number of rotatable bonds is 2. The maximum Gasteiger partial charge on any atom is 0.0974 e. The number of aliphatic hydroxyl groups is 1. The Labute approximate surface area is 93.6 Å². The molecule has 1 N–H and O–H groups in total. The molecule has 1 aromatic rings. The van der Waals surface area contributed by atoms with E-state index in [4.69, 9.17) is 0 Å². The van der Waals surface area contributed by atoms with Crippen LogP contribution in [0, 0.1) is 6.92 Å². The van der Waals surface area contributed by atoms with Gasteiger partial charge < -0.3 is 5.11 Å². The van der Waals surface area contributed by atoms with Gasteiger partial charge in [-0.15, -0.1) is 0 Å². The number of hydrogen-bond donors (Lipinski definition) is 1. The molecule has 0 amide bonds. The minimum absolute atomic E-state index is 0.503. The Balaban J connectivity index is 2.97. The highest BCUT2D eigenvalue weighted by Crippen LogP contribution is 2.23. The largest absolute Gasteiger partial charge is 0.384 e. The van der Waals surface area contributed by atoms with Crippen LogP contribution in [0.5, 0.6) is 0 Å². The van der Waals surface area contributed by atoms with E-state index in [1.807, 2.05) is 45.0 Å². The number of halogens is 1. The molecule has 0 spiro atoms. The minimum Gasteiger partial charge on any atom is -0.384 e. The highest BCUT2D eigenvalue weighted by molar-refractivity contribution is 9.10. The second-order valence-corrected chi connectivity index (χ2v) is 4.55. The van der Waals surface area contributed by atoms with Crippen molar-refractivity contribution in [3.8, 4) is 0 Å². The first-order chi connectivity index (χ1) is 6.50. The summed E-state index contributed by atoms with van der Waals surface area (Å²) in [5, 5.41) is 9.81. The summed E-state index contributed by atoms with van der Waals surface area (Å²) >= 11 is 3.45. The third kappa shape index (κ3) is 2.96. The molecule has 0 fully saturated rings. The molecule has 0 radical (unpaired) electrons. The monoisotopic (exact) mass is 254 g/mol. The van der Waals surface area contributed by atoms with E-state index in [1.165, 1.54) is 5.56 Å². The van der Waals surface area contributed by atoms with Crippen molar-refractivity contribution in [1.29, 1.82) is 0 Å². The molecule has 0 aliphatic rings. The van der Waals surface area contributed by atoms with Gasteiger partial charge in [-0.05, 0) is 38.0 Å². The van der Waals surface area contributed by atoms with Crippen molar-refractivity contribution in [3.63, 3.8) is 0 Å². The summed E-state index contributed by atoms with van der Waals surface area (Å²) in [5.74, 6) is 0. The molecule has 1 atom stereocenters. The molecule has 0 saturated heterocycles. The van der Waals surface area contributed by atoms with E-state index >= 15 is 0 Å². The van der Waals surface area contributed by atoms with Gasteiger partial charge in [-0.1, -0.05) is 39.7 Å². The second-order valence-electron chi connectivity index (χ2n) is 3.70. The molecule has 0 aliphatic heterocycles. The lowest BCUT2D eigenvalue weighted by Gasteiger charge is -2.08. The number of aryl methyl sites for hydroxylation is 1. The Morgan fingerprint density at radius 2 is 2.07 bits per heavy atom. The third-order valence-electron chi connectivity index (χ3n) is 2.03. The lowest BCUT2D eigenvalue weighted by atomic mass is 10.1. The fraction of sp³-hybridized carbons (Fsp3) is 0.333. The van der Waals surface area contributed by atoms with Crippen molar-refractivity contribution >= 4 is 15.9 Å². The van der Waals surface area contributed by atoms with Gasteiger partial charge in [0.25, 0.3) is 0 Å². The molecule has 0 aliphatic carbocycles. The summed E-state index contributed by atoms with van der Waals surface area (Å²) in [6.45, 7) is 5.99. The number of benzene rings is 1. The summed E-state index contributed by atoms with van der Waals surface area (Å²) in [6, 6.07) is 5.91. The fourth-order valence-electron chi connectivity index (χ4n) is 1.21. The van der Waals surface area contributed by atoms with E-state index in [1.54, 1.807) is 0 Å². The van der Waals surface area contributed by atoms with E-state index in [0.29, 0.717) is 0 Å². The molecule has 2 heteroatoms. The fourth-order valence-corrected chi connectivity index (χ4v) is 1.60. The molecule has 1 unspecified atom stereocenters. The number of allylic oxidation sites excluding steroid dienone is 1. The average Bonchev–Trinajstić information content (AvgIpc) is 2.08. The Morgan fingerprint density at radius 1 is 1.43 bits per heavy atom. The molecule has 1 aromatic carbocycles. The standard InChI is InChI=1S/C12H15BrO/c1-8(2)6-12(14)10-5-4-9(3)11(13)7-10/h4-7,12,14H,1-3H3. The van der Waals surface area contributed by atoms with Crippen LogP contribution < -0.4 is 0 Å². The molecular weight excluding hydrogens is 240 g/mol. The maximum absolute atomic E-state index is 9.81. The Bertz CT molecular complexity index is 351. The summed E-state index contributed by atoms with van der Waals surface area (Å²) in [5.41, 5.74) is 3.22. The van der Waals surface area contributed by atoms with Crippen LogP contribution in [-0.4, -0.2) is 5.11 Å². The topological polar surface area (TPSA) is 20.2 Å². The summed E-state index contributed by atoms with van der Waals surface area (Å²) in [4.78, 5) is 0. The van der Waals surface area contributed by atoms with E-state index in [-0.39, 0.29) is 0 Å². The lowest BCUT2D eigenvalue weighted by molar-refractivity contribution is 0.227. The quantitative estimate of drug-likeness (QED) is 0.798. The van der Waals surface area contributed by atoms with Crippen LogP contribution in [0.2, 0.25) is 0 Å². The molecule has 14 heavy (non-hydrogen) atoms. The molecule has 0 heterocycles. The number of hydrogen-bond acceptors (Lipinski definition) is 1. The van der Waals surface area contributed by atoms with Crippen LogP contribution in [0.25, 0.3) is 0 Å². The Kier molecular flexibility index (Phi) is 3.90. The maximum atomic E-state index is 9.81. The van der Waals surface area contributed by atoms with Crippen LogP contribution in [0.4, 0.5) is 0 Å². The molecular formula is C12H15BrO. The van der Waals surface area contributed by atoms with Crippen molar-refractivity contribution in [2.24, 2.45) is 0 Å². The van der Waals surface area contributed by atoms with Gasteiger partial charge >= 0.3 is 0 Å². The first-order valence-electron chi connectivity index (χ1n) is 4.60. The summed E-state index contributed by atoms with van der Waals surface area (Å²) < 4.78 is 1.04. The van der Waals surface area contributed by atoms with E-state index in [2.05, 4.69) is 15.9 Å². The average molecular weight is 255 g/mol. The van der Waals surface area contributed by atoms with Crippen molar-refractivity contribution in [1.82, 2.24) is 0 Å². The van der Waals surface area contributed by atoms with E-state index in [9.17, 15) is 5.11 Å². The third-order valence-corrected chi connectivity index (χ3v) is 2.88. The normalized spacial score (nSPS) is 12.4. The van der Waals surface area contributed by atoms with Crippen molar-refractivity contribution < 1.29 is 5.11 Å². The molecule has 0 saturated carbocycles. The van der Waals surface area contributed by atoms with Crippen LogP contribution >= 0.6 is 15.9 Å². The highest BCUT2D eigenvalue weighted by atomic mass is 79.9. The first kappa shape index (κ1) is 11.5. The van der Waals surface area contributed by atoms with Gasteiger partial charge in [0.05, 0.1) is 6.10 Å². The summed E-state index contributed by atoms with van der Waals surface area (Å²) in [7, 11) is 0. The van der Waals surface area contributed by atoms with E-state index in [0.717, 1.165) is 15.6 Å². The van der Waals surface area contributed by atoms with Gasteiger partial charge in [-0.3, -0.25) is 0 Å². The molecule has 76 valence electrons. The van der Waals surface area contributed by atoms with Crippen molar-refractivity contribution in [3.05, 3.63) is 45.4 Å². The van der Waals surface area contributed by atoms with Crippen LogP contribution in [0.3, 0.4) is 0 Å². The lowest BCUT2D eigenvalue weighted by Crippen LogP contribution is -1.94. The zero-order valence-electron chi connectivity index (χ0n) is 8.71. The second kappa shape index (κ2) is 4.76. The molecule has 1 nitrogen and oxygen atoms in total. The zero-order valence-corrected chi connectivity index (χ0v) is 10.3. The van der Waals surface area contributed by atoms with Gasteiger partial charge in [0, 0.05) is 4.47 Å². The smallest absolute Gasteiger partial charge is 0.0974 e. The number of aliphatic hydroxyl groups excluding tert-OH is 1. The van der Waals surface area contributed by atoms with Crippen LogP contribution in [0.15, 0.2) is 34.3 Å². The van der Waals surface area contributed by atoms with Gasteiger partial charge in [0.15, 0.2) is 0 Å². The predicted molar refractivity (Wildman–Crippen MR) is 63.3 cm³/mol. The van der Waals surface area contributed by atoms with Gasteiger partial charge in [-0.25, -0.2) is 0 Å². The zero-order chi connectivity index (χ0) is 10.7. The van der Waals surface area contributed by atoms with E-state index < -0.39 is 6.10 Å². The van der Waals surface area contributed by atoms with Crippen LogP contribution in [-0.2, 0) is 0 Å².